The number of rotatable bonds is 2. The second-order valence-electron chi connectivity index (χ2n) is 2.87. The molecular formula is C7H8ClNO2S. The van der Waals surface area contributed by atoms with Crippen molar-refractivity contribution < 1.29 is 9.00 Å². The van der Waals surface area contributed by atoms with Crippen molar-refractivity contribution in [1.82, 2.24) is 4.90 Å². The second kappa shape index (κ2) is 2.85. The van der Waals surface area contributed by atoms with Crippen molar-refractivity contribution in [3.63, 3.8) is 0 Å². The van der Waals surface area contributed by atoms with Crippen LogP contribution in [0.15, 0.2) is 12.3 Å². The minimum atomic E-state index is -1.03. The molecule has 3 unspecified atom stereocenters. The van der Waals surface area contributed by atoms with Gasteiger partial charge in [-0.1, -0.05) is 6.08 Å². The Morgan fingerprint density at radius 2 is 2.50 bits per heavy atom. The minimum Gasteiger partial charge on any atom is -0.314 e. The molecule has 0 radical (unpaired) electrons. The number of hydrogen-bond acceptors (Lipinski definition) is 2. The topological polar surface area (TPSA) is 37.4 Å². The van der Waals surface area contributed by atoms with Crippen molar-refractivity contribution in [1.29, 1.82) is 0 Å². The summed E-state index contributed by atoms with van der Waals surface area (Å²) in [6.45, 7) is 0. The van der Waals surface area contributed by atoms with Gasteiger partial charge in [-0.05, 0) is 0 Å². The molecule has 1 saturated heterocycles. The van der Waals surface area contributed by atoms with Crippen LogP contribution < -0.4 is 0 Å². The van der Waals surface area contributed by atoms with Gasteiger partial charge in [-0.25, -0.2) is 0 Å². The first-order chi connectivity index (χ1) is 5.74. The third kappa shape index (κ3) is 1.02. The van der Waals surface area contributed by atoms with Crippen LogP contribution >= 0.6 is 11.6 Å². The molecule has 5 heteroatoms. The van der Waals surface area contributed by atoms with E-state index in [9.17, 15) is 9.00 Å². The molecule has 0 aromatic carbocycles. The molecule has 3 nitrogen and oxygen atoms in total. The largest absolute Gasteiger partial charge is 0.314 e. The van der Waals surface area contributed by atoms with Gasteiger partial charge in [0, 0.05) is 23.4 Å². The zero-order valence-electron chi connectivity index (χ0n) is 6.27. The summed E-state index contributed by atoms with van der Waals surface area (Å²) in [6.07, 6.45) is 4.04. The van der Waals surface area contributed by atoms with E-state index in [2.05, 4.69) is 0 Å². The third-order valence-electron chi connectivity index (χ3n) is 2.26. The summed E-state index contributed by atoms with van der Waals surface area (Å²) < 4.78 is 11.3. The first-order valence-corrected chi connectivity index (χ1v) is 5.58. The zero-order valence-corrected chi connectivity index (χ0v) is 7.85. The summed E-state index contributed by atoms with van der Waals surface area (Å²) >= 11 is 5.47. The monoisotopic (exact) mass is 205 g/mol. The van der Waals surface area contributed by atoms with Crippen LogP contribution in [0.3, 0.4) is 0 Å². The first-order valence-electron chi connectivity index (χ1n) is 3.66. The Morgan fingerprint density at radius 3 is 3.00 bits per heavy atom. The van der Waals surface area contributed by atoms with E-state index in [1.54, 1.807) is 11.1 Å². The smallest absolute Gasteiger partial charge is 0.228 e. The average Bonchev–Trinajstić information content (AvgIpc) is 2.40. The number of amides is 1. The summed E-state index contributed by atoms with van der Waals surface area (Å²) in [7, 11) is -1.03. The third-order valence-corrected chi connectivity index (χ3v) is 4.19. The Morgan fingerprint density at radius 1 is 1.75 bits per heavy atom. The quantitative estimate of drug-likeness (QED) is 0.484. The fourth-order valence-corrected chi connectivity index (χ4v) is 2.97. The van der Waals surface area contributed by atoms with Gasteiger partial charge in [0.1, 0.15) is 0 Å². The summed E-state index contributed by atoms with van der Waals surface area (Å²) in [5.41, 5.74) is 0. The van der Waals surface area contributed by atoms with E-state index in [1.807, 2.05) is 6.08 Å². The molecule has 0 saturated carbocycles. The molecule has 2 aliphatic rings. The Kier molecular flexibility index (Phi) is 1.96. The van der Waals surface area contributed by atoms with Crippen LogP contribution in [0.2, 0.25) is 0 Å². The minimum absolute atomic E-state index is 0.0415. The van der Waals surface area contributed by atoms with Crippen LogP contribution in [0.25, 0.3) is 0 Å². The lowest BCUT2D eigenvalue weighted by Crippen LogP contribution is -2.52. The molecule has 0 spiro atoms. The van der Waals surface area contributed by atoms with E-state index in [-0.39, 0.29) is 22.4 Å². The van der Waals surface area contributed by atoms with Gasteiger partial charge >= 0.3 is 0 Å². The Balaban J connectivity index is 2.09. The summed E-state index contributed by atoms with van der Waals surface area (Å²) in [4.78, 5) is 12.5. The highest BCUT2D eigenvalue weighted by atomic mass is 35.5. The molecule has 0 aromatic heterocycles. The van der Waals surface area contributed by atoms with E-state index in [0.29, 0.717) is 6.42 Å². The van der Waals surface area contributed by atoms with Crippen molar-refractivity contribution in [3.05, 3.63) is 12.3 Å². The van der Waals surface area contributed by atoms with Gasteiger partial charge < -0.3 is 4.90 Å². The maximum absolute atomic E-state index is 11.3. The number of nitrogens with zero attached hydrogens (tertiary/aromatic N) is 1. The fourth-order valence-electron chi connectivity index (χ4n) is 1.56. The number of carbonyl (C=O) groups is 1. The molecule has 0 N–H and O–H groups in total. The van der Waals surface area contributed by atoms with Crippen LogP contribution in [0.1, 0.15) is 6.42 Å². The van der Waals surface area contributed by atoms with Gasteiger partial charge in [-0.2, -0.15) is 0 Å². The van der Waals surface area contributed by atoms with Gasteiger partial charge in [0.05, 0.1) is 16.5 Å². The Hall–Kier alpha value is -0.350. The highest BCUT2D eigenvalue weighted by Crippen LogP contribution is 2.31. The van der Waals surface area contributed by atoms with Crippen molar-refractivity contribution in [2.24, 2.45) is 0 Å². The van der Waals surface area contributed by atoms with Gasteiger partial charge in [0.2, 0.25) is 5.91 Å². The Bertz CT molecular complexity index is 279. The molecule has 1 fully saturated rings. The van der Waals surface area contributed by atoms with Crippen molar-refractivity contribution in [2.45, 2.75) is 17.7 Å². The first kappa shape index (κ1) is 8.26. The summed E-state index contributed by atoms with van der Waals surface area (Å²) in [6, 6.07) is 0.122. The van der Waals surface area contributed by atoms with Crippen LogP contribution in [0.5, 0.6) is 0 Å². The zero-order chi connectivity index (χ0) is 8.72. The van der Waals surface area contributed by atoms with Crippen molar-refractivity contribution in [3.8, 4) is 0 Å². The number of hydrogen-bond donors (Lipinski definition) is 0. The molecule has 0 bridgehead atoms. The maximum atomic E-state index is 11.3. The lowest BCUT2D eigenvalue weighted by atomic mass is 10.0. The highest BCUT2D eigenvalue weighted by molar-refractivity contribution is 7.87. The van der Waals surface area contributed by atoms with Gasteiger partial charge in [-0.3, -0.25) is 9.00 Å². The fraction of sp³-hybridized carbons (Fsp3) is 0.571. The van der Waals surface area contributed by atoms with Gasteiger partial charge in [0.15, 0.2) is 0 Å². The molecule has 2 aliphatic heterocycles. The summed E-state index contributed by atoms with van der Waals surface area (Å²) in [5.74, 6) is 0.116. The average molecular weight is 206 g/mol. The van der Waals surface area contributed by atoms with Gasteiger partial charge in [0.25, 0.3) is 0 Å². The SMILES string of the molecule is O=C1CC2C(S(=O)CCl)C=CN12. The van der Waals surface area contributed by atoms with E-state index >= 15 is 0 Å². The predicted octanol–water partition coefficient (Wildman–Crippen LogP) is 0.428. The maximum Gasteiger partial charge on any atom is 0.228 e. The lowest BCUT2D eigenvalue weighted by Gasteiger charge is -2.36. The summed E-state index contributed by atoms with van der Waals surface area (Å²) in [5, 5.41) is 0.105. The van der Waals surface area contributed by atoms with E-state index in [1.165, 1.54) is 0 Å². The molecule has 66 valence electrons. The second-order valence-corrected chi connectivity index (χ2v) is 5.05. The molecule has 0 aliphatic carbocycles. The molecule has 0 aromatic rings. The van der Waals surface area contributed by atoms with Crippen LogP contribution in [0.4, 0.5) is 0 Å². The molecule has 12 heavy (non-hydrogen) atoms. The van der Waals surface area contributed by atoms with Crippen LogP contribution in [-0.2, 0) is 15.6 Å². The van der Waals surface area contributed by atoms with E-state index in [0.717, 1.165) is 0 Å². The molecular weight excluding hydrogens is 198 g/mol. The molecule has 3 atom stereocenters. The number of carbonyl (C=O) groups excluding carboxylic acids is 1. The molecule has 2 heterocycles. The number of β-lactam (4-membered cyclic amide) rings is 1. The predicted molar refractivity (Wildman–Crippen MR) is 47.0 cm³/mol. The number of fused-ring (bicyclic) bond motifs is 1. The van der Waals surface area contributed by atoms with Crippen LogP contribution in [-0.4, -0.2) is 31.5 Å². The number of alkyl halides is 1. The highest BCUT2D eigenvalue weighted by Gasteiger charge is 2.44. The van der Waals surface area contributed by atoms with E-state index in [4.69, 9.17) is 11.6 Å². The lowest BCUT2D eigenvalue weighted by molar-refractivity contribution is -0.139. The Labute approximate surface area is 77.8 Å². The standard InChI is InChI=1S/C7H8ClNO2S/c8-4-12(11)6-1-2-9-5(6)3-7(9)10/h1-2,5-6H,3-4H2. The van der Waals surface area contributed by atoms with Crippen LogP contribution in [0, 0.1) is 0 Å². The van der Waals surface area contributed by atoms with Gasteiger partial charge in [-0.15, -0.1) is 11.6 Å². The van der Waals surface area contributed by atoms with Crippen molar-refractivity contribution in [2.75, 3.05) is 5.21 Å². The molecule has 2 rings (SSSR count). The molecule has 1 amide bonds. The normalized spacial score (nSPS) is 34.8. The number of halogens is 1. The van der Waals surface area contributed by atoms with Crippen molar-refractivity contribution >= 4 is 28.3 Å². The van der Waals surface area contributed by atoms with E-state index < -0.39 is 10.8 Å².